The number of rotatable bonds is 8. The molecule has 0 spiro atoms. The smallest absolute Gasteiger partial charge is 0.341 e. The van der Waals surface area contributed by atoms with Crippen LogP contribution in [-0.2, 0) is 30.5 Å². The van der Waals surface area contributed by atoms with Crippen LogP contribution in [-0.4, -0.2) is 36.5 Å². The number of methoxy groups -OCH3 is 1. The van der Waals surface area contributed by atoms with Gasteiger partial charge in [-0.05, 0) is 34.5 Å². The van der Waals surface area contributed by atoms with Gasteiger partial charge in [-0.15, -0.1) is 0 Å². The van der Waals surface area contributed by atoms with Crippen LogP contribution in [0.4, 0.5) is 5.82 Å². The van der Waals surface area contributed by atoms with Crippen LogP contribution in [0.3, 0.4) is 0 Å². The minimum Gasteiger partial charge on any atom is -0.466 e. The van der Waals surface area contributed by atoms with Gasteiger partial charge in [0.25, 0.3) is 5.91 Å². The topological polar surface area (TPSA) is 95.0 Å². The van der Waals surface area contributed by atoms with Gasteiger partial charge in [0.1, 0.15) is 18.6 Å². The Bertz CT molecular complexity index is 844. The number of aromatic nitrogens is 1. The van der Waals surface area contributed by atoms with E-state index in [9.17, 15) is 14.4 Å². The highest BCUT2D eigenvalue weighted by Gasteiger charge is 2.27. The summed E-state index contributed by atoms with van der Waals surface area (Å²) in [4.78, 5) is 46.3. The monoisotopic (exact) mass is 450 g/mol. The normalized spacial score (nSPS) is 10.2. The van der Waals surface area contributed by atoms with Crippen LogP contribution < -0.4 is 5.06 Å². The Morgan fingerprint density at radius 2 is 1.89 bits per heavy atom. The number of carbonyl (C=O) groups is 3. The summed E-state index contributed by atoms with van der Waals surface area (Å²) in [5.41, 5.74) is 0.787. The number of pyridine rings is 1. The third-order valence-electron chi connectivity index (χ3n) is 3.46. The fourth-order valence-electron chi connectivity index (χ4n) is 2.23. The Kier molecular flexibility index (Phi) is 8.09. The van der Waals surface area contributed by atoms with Crippen molar-refractivity contribution in [2.24, 2.45) is 0 Å². The standard InChI is InChI=1S/C19H19BrN2O6/c1-3-27-17(24)10-16(23)22(28-12-13-7-5-4-6-8-13)18-15(19(25)26-2)9-14(20)11-21-18/h4-9,11H,3,10,12H2,1-2H3. The number of carbonyl (C=O) groups excluding carboxylic acids is 3. The lowest BCUT2D eigenvalue weighted by Crippen LogP contribution is -2.35. The number of halogens is 1. The van der Waals surface area contributed by atoms with Gasteiger partial charge in [0.2, 0.25) is 0 Å². The van der Waals surface area contributed by atoms with Gasteiger partial charge in [0, 0.05) is 10.7 Å². The average molecular weight is 451 g/mol. The first-order valence-electron chi connectivity index (χ1n) is 8.35. The second kappa shape index (κ2) is 10.5. The van der Waals surface area contributed by atoms with E-state index in [1.807, 2.05) is 30.3 Å². The minimum atomic E-state index is -0.727. The molecular weight excluding hydrogens is 432 g/mol. The molecule has 0 fully saturated rings. The summed E-state index contributed by atoms with van der Waals surface area (Å²) in [5, 5.41) is 0.822. The molecule has 2 rings (SSSR count). The van der Waals surface area contributed by atoms with Gasteiger partial charge in [0.05, 0.1) is 13.7 Å². The van der Waals surface area contributed by atoms with Crippen molar-refractivity contribution in [1.82, 2.24) is 4.98 Å². The van der Waals surface area contributed by atoms with Crippen molar-refractivity contribution in [2.45, 2.75) is 20.0 Å². The molecule has 0 aliphatic rings. The van der Waals surface area contributed by atoms with E-state index in [0.717, 1.165) is 10.6 Å². The zero-order chi connectivity index (χ0) is 20.5. The quantitative estimate of drug-likeness (QED) is 0.346. The first-order chi connectivity index (χ1) is 13.5. The van der Waals surface area contributed by atoms with E-state index in [2.05, 4.69) is 20.9 Å². The predicted molar refractivity (Wildman–Crippen MR) is 103 cm³/mol. The zero-order valence-electron chi connectivity index (χ0n) is 15.4. The number of hydrogen-bond acceptors (Lipinski definition) is 7. The predicted octanol–water partition coefficient (Wildman–Crippen LogP) is 3.05. The van der Waals surface area contributed by atoms with E-state index in [-0.39, 0.29) is 24.6 Å². The molecule has 9 heteroatoms. The van der Waals surface area contributed by atoms with Crippen LogP contribution in [0, 0.1) is 0 Å². The highest BCUT2D eigenvalue weighted by atomic mass is 79.9. The Balaban J connectivity index is 2.35. The molecule has 8 nitrogen and oxygen atoms in total. The lowest BCUT2D eigenvalue weighted by atomic mass is 10.2. The fraction of sp³-hybridized carbons (Fsp3) is 0.263. The second-order valence-corrected chi connectivity index (χ2v) is 6.36. The van der Waals surface area contributed by atoms with Gasteiger partial charge in [0.15, 0.2) is 5.82 Å². The molecule has 1 aromatic carbocycles. The number of benzene rings is 1. The second-order valence-electron chi connectivity index (χ2n) is 5.45. The van der Waals surface area contributed by atoms with Gasteiger partial charge in [-0.1, -0.05) is 30.3 Å². The maximum absolute atomic E-state index is 12.7. The van der Waals surface area contributed by atoms with E-state index in [1.165, 1.54) is 19.4 Å². The number of hydrogen-bond donors (Lipinski definition) is 0. The van der Waals surface area contributed by atoms with Crippen molar-refractivity contribution < 1.29 is 28.7 Å². The summed E-state index contributed by atoms with van der Waals surface area (Å²) in [6, 6.07) is 10.6. The van der Waals surface area contributed by atoms with Crippen molar-refractivity contribution in [1.29, 1.82) is 0 Å². The van der Waals surface area contributed by atoms with Crippen molar-refractivity contribution in [3.8, 4) is 0 Å². The molecular formula is C19H19BrN2O6. The SMILES string of the molecule is CCOC(=O)CC(=O)N(OCc1ccccc1)c1ncc(Br)cc1C(=O)OC. The summed E-state index contributed by atoms with van der Waals surface area (Å²) in [7, 11) is 1.21. The van der Waals surface area contributed by atoms with Gasteiger partial charge >= 0.3 is 11.9 Å². The maximum Gasteiger partial charge on any atom is 0.341 e. The zero-order valence-corrected chi connectivity index (χ0v) is 17.0. The van der Waals surface area contributed by atoms with Gasteiger partial charge in [-0.3, -0.25) is 14.4 Å². The highest BCUT2D eigenvalue weighted by Crippen LogP contribution is 2.24. The number of ether oxygens (including phenoxy) is 2. The highest BCUT2D eigenvalue weighted by molar-refractivity contribution is 9.10. The first kappa shape index (κ1) is 21.5. The van der Waals surface area contributed by atoms with Crippen molar-refractivity contribution >= 4 is 39.6 Å². The molecule has 0 radical (unpaired) electrons. The number of hydroxylamine groups is 1. The molecule has 1 heterocycles. The number of nitrogens with zero attached hydrogens (tertiary/aromatic N) is 2. The number of amides is 1. The van der Waals surface area contributed by atoms with E-state index < -0.39 is 24.3 Å². The summed E-state index contributed by atoms with van der Waals surface area (Å²) < 4.78 is 10.1. The molecule has 28 heavy (non-hydrogen) atoms. The molecule has 0 unspecified atom stereocenters. The van der Waals surface area contributed by atoms with Crippen LogP contribution >= 0.6 is 15.9 Å². The molecule has 0 aliphatic carbocycles. The molecule has 0 atom stereocenters. The lowest BCUT2D eigenvalue weighted by molar-refractivity contribution is -0.147. The molecule has 2 aromatic rings. The van der Waals surface area contributed by atoms with E-state index in [4.69, 9.17) is 14.3 Å². The van der Waals surface area contributed by atoms with Crippen molar-refractivity contribution in [2.75, 3.05) is 18.8 Å². The third-order valence-corrected chi connectivity index (χ3v) is 3.90. The van der Waals surface area contributed by atoms with Crippen LogP contribution in [0.25, 0.3) is 0 Å². The summed E-state index contributed by atoms with van der Waals surface area (Å²) in [5.74, 6) is -2.23. The Morgan fingerprint density at radius 1 is 1.18 bits per heavy atom. The largest absolute Gasteiger partial charge is 0.466 e. The summed E-state index contributed by atoms with van der Waals surface area (Å²) in [6.45, 7) is 1.80. The molecule has 148 valence electrons. The molecule has 1 amide bonds. The average Bonchev–Trinajstić information content (AvgIpc) is 2.69. The molecule has 0 saturated carbocycles. The third kappa shape index (κ3) is 5.86. The van der Waals surface area contributed by atoms with Crippen LogP contribution in [0.15, 0.2) is 47.1 Å². The Morgan fingerprint density at radius 3 is 2.54 bits per heavy atom. The van der Waals surface area contributed by atoms with Crippen LogP contribution in [0.1, 0.15) is 29.3 Å². The van der Waals surface area contributed by atoms with Gasteiger partial charge in [-0.2, -0.15) is 5.06 Å². The van der Waals surface area contributed by atoms with Gasteiger partial charge in [-0.25, -0.2) is 9.78 Å². The number of anilines is 1. The Hall–Kier alpha value is -2.78. The van der Waals surface area contributed by atoms with Crippen LogP contribution in [0.2, 0.25) is 0 Å². The minimum absolute atomic E-state index is 0.00199. The number of esters is 2. The molecule has 1 aromatic heterocycles. The van der Waals surface area contributed by atoms with E-state index in [1.54, 1.807) is 6.92 Å². The summed E-state index contributed by atoms with van der Waals surface area (Å²) in [6.07, 6.45) is 0.833. The maximum atomic E-state index is 12.7. The van der Waals surface area contributed by atoms with E-state index in [0.29, 0.717) is 4.47 Å². The molecule has 0 bridgehead atoms. The Labute approximate surface area is 170 Å². The van der Waals surface area contributed by atoms with Gasteiger partial charge < -0.3 is 9.47 Å². The lowest BCUT2D eigenvalue weighted by Gasteiger charge is -2.22. The summed E-state index contributed by atoms with van der Waals surface area (Å²) >= 11 is 3.23. The van der Waals surface area contributed by atoms with Crippen LogP contribution in [0.5, 0.6) is 0 Å². The first-order valence-corrected chi connectivity index (χ1v) is 9.14. The van der Waals surface area contributed by atoms with Crippen molar-refractivity contribution in [3.63, 3.8) is 0 Å². The fourth-order valence-corrected chi connectivity index (χ4v) is 2.56. The molecule has 0 N–H and O–H groups in total. The van der Waals surface area contributed by atoms with E-state index >= 15 is 0 Å². The molecule has 0 saturated heterocycles. The molecule has 0 aliphatic heterocycles. The van der Waals surface area contributed by atoms with Crippen molar-refractivity contribution in [3.05, 3.63) is 58.2 Å².